The summed E-state index contributed by atoms with van der Waals surface area (Å²) in [4.78, 5) is 25.5. The van der Waals surface area contributed by atoms with E-state index >= 15 is 0 Å². The third-order valence-corrected chi connectivity index (χ3v) is 5.05. The predicted molar refractivity (Wildman–Crippen MR) is 111 cm³/mol. The molecule has 1 saturated carbocycles. The highest BCUT2D eigenvalue weighted by Gasteiger charge is 2.22. The Hall–Kier alpha value is -2.82. The summed E-state index contributed by atoms with van der Waals surface area (Å²) in [5.41, 5.74) is 0.993. The molecule has 2 aromatic rings. The molecule has 28 heavy (non-hydrogen) atoms. The molecule has 1 aliphatic rings. The average molecular weight is 380 g/mol. The van der Waals surface area contributed by atoms with Gasteiger partial charge in [0.2, 0.25) is 0 Å². The summed E-state index contributed by atoms with van der Waals surface area (Å²) >= 11 is 0. The van der Waals surface area contributed by atoms with Gasteiger partial charge in [0.1, 0.15) is 5.75 Å². The maximum atomic E-state index is 12.8. The standard InChI is InChI=1S/C23H28N2O3/c1-2-21(28-18-13-7-4-8-14-18)23(27)25-20-16-10-9-15-19(20)22(26)24-17-11-5-3-6-12-17/h4,7-10,13-17,21H,2-3,5-6,11-12H2,1H3,(H,24,26)(H,25,27). The molecule has 5 heteroatoms. The summed E-state index contributed by atoms with van der Waals surface area (Å²) in [5, 5.41) is 5.99. The second-order valence-corrected chi connectivity index (χ2v) is 7.17. The normalized spacial score (nSPS) is 15.5. The van der Waals surface area contributed by atoms with Crippen LogP contribution in [0.5, 0.6) is 5.75 Å². The molecular formula is C23H28N2O3. The van der Waals surface area contributed by atoms with E-state index in [1.165, 1.54) is 6.42 Å². The molecule has 3 rings (SSSR count). The van der Waals surface area contributed by atoms with Crippen molar-refractivity contribution in [2.75, 3.05) is 5.32 Å². The Morgan fingerprint density at radius 3 is 2.39 bits per heavy atom. The molecule has 0 heterocycles. The number of carbonyl (C=O) groups excluding carboxylic acids is 2. The van der Waals surface area contributed by atoms with Crippen LogP contribution in [0.25, 0.3) is 0 Å². The van der Waals surface area contributed by atoms with Gasteiger partial charge >= 0.3 is 0 Å². The van der Waals surface area contributed by atoms with E-state index < -0.39 is 6.10 Å². The molecule has 5 nitrogen and oxygen atoms in total. The Morgan fingerprint density at radius 1 is 1.00 bits per heavy atom. The van der Waals surface area contributed by atoms with Crippen molar-refractivity contribution in [1.82, 2.24) is 5.32 Å². The van der Waals surface area contributed by atoms with Crippen LogP contribution in [0.2, 0.25) is 0 Å². The van der Waals surface area contributed by atoms with E-state index in [1.54, 1.807) is 12.1 Å². The summed E-state index contributed by atoms with van der Waals surface area (Å²) in [6, 6.07) is 16.6. The molecule has 2 aromatic carbocycles. The van der Waals surface area contributed by atoms with Crippen LogP contribution >= 0.6 is 0 Å². The first-order chi connectivity index (χ1) is 13.7. The molecule has 0 bridgehead atoms. The van der Waals surface area contributed by atoms with E-state index in [-0.39, 0.29) is 17.9 Å². The zero-order valence-corrected chi connectivity index (χ0v) is 16.3. The first-order valence-corrected chi connectivity index (χ1v) is 10.1. The molecule has 2 N–H and O–H groups in total. The number of benzene rings is 2. The largest absolute Gasteiger partial charge is 0.481 e. The zero-order valence-electron chi connectivity index (χ0n) is 16.3. The number of hydrogen-bond acceptors (Lipinski definition) is 3. The minimum Gasteiger partial charge on any atom is -0.481 e. The molecule has 1 atom stereocenters. The lowest BCUT2D eigenvalue weighted by molar-refractivity contribution is -0.122. The molecule has 1 fully saturated rings. The van der Waals surface area contributed by atoms with Crippen molar-refractivity contribution in [3.63, 3.8) is 0 Å². The van der Waals surface area contributed by atoms with Gasteiger partial charge in [-0.1, -0.05) is 56.5 Å². The second-order valence-electron chi connectivity index (χ2n) is 7.17. The molecule has 1 aliphatic carbocycles. The minimum absolute atomic E-state index is 0.139. The fourth-order valence-electron chi connectivity index (χ4n) is 3.50. The van der Waals surface area contributed by atoms with Crippen molar-refractivity contribution in [1.29, 1.82) is 0 Å². The van der Waals surface area contributed by atoms with Crippen molar-refractivity contribution in [3.05, 3.63) is 60.2 Å². The number of ether oxygens (including phenoxy) is 1. The third kappa shape index (κ3) is 5.35. The summed E-state index contributed by atoms with van der Waals surface area (Å²) in [6.45, 7) is 1.90. The van der Waals surface area contributed by atoms with Crippen LogP contribution in [0.4, 0.5) is 5.69 Å². The highest BCUT2D eigenvalue weighted by atomic mass is 16.5. The van der Waals surface area contributed by atoms with Gasteiger partial charge in [-0.2, -0.15) is 0 Å². The topological polar surface area (TPSA) is 67.4 Å². The van der Waals surface area contributed by atoms with E-state index in [9.17, 15) is 9.59 Å². The lowest BCUT2D eigenvalue weighted by Gasteiger charge is -2.23. The van der Waals surface area contributed by atoms with Gasteiger partial charge in [-0.3, -0.25) is 9.59 Å². The fraction of sp³-hybridized carbons (Fsp3) is 0.391. The van der Waals surface area contributed by atoms with Crippen molar-refractivity contribution in [2.45, 2.75) is 57.6 Å². The molecule has 0 aromatic heterocycles. The molecule has 0 saturated heterocycles. The van der Waals surface area contributed by atoms with Gasteiger partial charge in [0.05, 0.1) is 11.3 Å². The summed E-state index contributed by atoms with van der Waals surface area (Å²) in [5.74, 6) is 0.247. The highest BCUT2D eigenvalue weighted by molar-refractivity contribution is 6.04. The minimum atomic E-state index is -0.628. The monoisotopic (exact) mass is 380 g/mol. The number of amides is 2. The lowest BCUT2D eigenvalue weighted by Crippen LogP contribution is -2.37. The number of hydrogen-bond donors (Lipinski definition) is 2. The van der Waals surface area contributed by atoms with E-state index in [0.29, 0.717) is 23.4 Å². The van der Waals surface area contributed by atoms with E-state index in [0.717, 1.165) is 25.7 Å². The summed E-state index contributed by atoms with van der Waals surface area (Å²) in [7, 11) is 0. The van der Waals surface area contributed by atoms with Gasteiger partial charge in [0, 0.05) is 6.04 Å². The first-order valence-electron chi connectivity index (χ1n) is 10.1. The van der Waals surface area contributed by atoms with Crippen molar-refractivity contribution < 1.29 is 14.3 Å². The van der Waals surface area contributed by atoms with Crippen molar-refractivity contribution in [2.24, 2.45) is 0 Å². The van der Waals surface area contributed by atoms with Crippen molar-refractivity contribution in [3.8, 4) is 5.75 Å². The van der Waals surface area contributed by atoms with E-state index in [2.05, 4.69) is 10.6 Å². The van der Waals surface area contributed by atoms with Gasteiger partial charge in [0.15, 0.2) is 6.10 Å². The predicted octanol–water partition coefficient (Wildman–Crippen LogP) is 4.55. The van der Waals surface area contributed by atoms with Gasteiger partial charge in [-0.25, -0.2) is 0 Å². The Labute approximate surface area is 166 Å². The Kier molecular flexibility index (Phi) is 7.06. The molecule has 0 aliphatic heterocycles. The summed E-state index contributed by atoms with van der Waals surface area (Å²) in [6.07, 6.45) is 5.47. The van der Waals surface area contributed by atoms with Gasteiger partial charge < -0.3 is 15.4 Å². The molecule has 148 valence electrons. The maximum Gasteiger partial charge on any atom is 0.265 e. The van der Waals surface area contributed by atoms with Crippen LogP contribution in [0, 0.1) is 0 Å². The number of rotatable bonds is 7. The Balaban J connectivity index is 1.67. The molecule has 0 radical (unpaired) electrons. The van der Waals surface area contributed by atoms with Crippen LogP contribution in [0.1, 0.15) is 55.8 Å². The SMILES string of the molecule is CCC(Oc1ccccc1)C(=O)Nc1ccccc1C(=O)NC1CCCCC1. The fourth-order valence-corrected chi connectivity index (χ4v) is 3.50. The zero-order chi connectivity index (χ0) is 19.8. The molecular weight excluding hydrogens is 352 g/mol. The first kappa shape index (κ1) is 19.9. The van der Waals surface area contributed by atoms with E-state index in [1.807, 2.05) is 49.4 Å². The Morgan fingerprint density at radius 2 is 1.68 bits per heavy atom. The molecule has 1 unspecified atom stereocenters. The maximum absolute atomic E-state index is 12.8. The van der Waals surface area contributed by atoms with Crippen LogP contribution in [-0.4, -0.2) is 24.0 Å². The van der Waals surface area contributed by atoms with Gasteiger partial charge in [-0.15, -0.1) is 0 Å². The van der Waals surface area contributed by atoms with Crippen LogP contribution in [0.15, 0.2) is 54.6 Å². The number of para-hydroxylation sites is 2. The summed E-state index contributed by atoms with van der Waals surface area (Å²) < 4.78 is 5.81. The highest BCUT2D eigenvalue weighted by Crippen LogP contribution is 2.21. The van der Waals surface area contributed by atoms with Crippen molar-refractivity contribution >= 4 is 17.5 Å². The number of anilines is 1. The average Bonchev–Trinajstić information content (AvgIpc) is 2.73. The van der Waals surface area contributed by atoms with E-state index in [4.69, 9.17) is 4.74 Å². The number of carbonyl (C=O) groups is 2. The third-order valence-electron chi connectivity index (χ3n) is 5.05. The molecule has 2 amide bonds. The lowest BCUT2D eigenvalue weighted by atomic mass is 9.95. The van der Waals surface area contributed by atoms with Gasteiger partial charge in [-0.05, 0) is 43.5 Å². The quantitative estimate of drug-likeness (QED) is 0.741. The van der Waals surface area contributed by atoms with Crippen LogP contribution < -0.4 is 15.4 Å². The Bertz CT molecular complexity index is 785. The van der Waals surface area contributed by atoms with Crippen LogP contribution in [0.3, 0.4) is 0 Å². The molecule has 0 spiro atoms. The second kappa shape index (κ2) is 9.93. The van der Waals surface area contributed by atoms with Crippen LogP contribution in [-0.2, 0) is 4.79 Å². The smallest absolute Gasteiger partial charge is 0.265 e. The number of nitrogens with one attached hydrogen (secondary N) is 2. The van der Waals surface area contributed by atoms with Gasteiger partial charge in [0.25, 0.3) is 11.8 Å².